The first-order valence-corrected chi connectivity index (χ1v) is 9.18. The minimum atomic E-state index is 0.589. The second-order valence-electron chi connectivity index (χ2n) is 6.25. The zero-order valence-corrected chi connectivity index (χ0v) is 15.3. The molecule has 23 heavy (non-hydrogen) atoms. The van der Waals surface area contributed by atoms with Crippen molar-refractivity contribution in [2.24, 2.45) is 0 Å². The lowest BCUT2D eigenvalue weighted by Gasteiger charge is -2.27. The Balaban J connectivity index is 1.61. The van der Waals surface area contributed by atoms with Crippen LogP contribution in [0.3, 0.4) is 0 Å². The molecule has 1 aliphatic rings. The summed E-state index contributed by atoms with van der Waals surface area (Å²) in [6.07, 6.45) is 1.20. The highest BCUT2D eigenvalue weighted by Crippen LogP contribution is 2.29. The number of halogens is 1. The van der Waals surface area contributed by atoms with Gasteiger partial charge in [0.15, 0.2) is 0 Å². The van der Waals surface area contributed by atoms with Crippen LogP contribution in [0.1, 0.15) is 24.8 Å². The lowest BCUT2D eigenvalue weighted by Crippen LogP contribution is -2.37. The smallest absolute Gasteiger partial charge is 0.0594 e. The maximum absolute atomic E-state index is 5.41. The van der Waals surface area contributed by atoms with Crippen molar-refractivity contribution in [3.8, 4) is 11.1 Å². The minimum Gasteiger partial charge on any atom is -0.379 e. The number of hydrogen-bond donors (Lipinski definition) is 0. The lowest BCUT2D eigenvalue weighted by atomic mass is 9.95. The molecule has 1 fully saturated rings. The summed E-state index contributed by atoms with van der Waals surface area (Å²) in [5.41, 5.74) is 3.94. The molecule has 0 N–H and O–H groups in total. The Kier molecular flexibility index (Phi) is 5.87. The van der Waals surface area contributed by atoms with Crippen molar-refractivity contribution in [3.05, 3.63) is 58.6 Å². The molecule has 1 heterocycles. The molecule has 3 rings (SSSR count). The molecule has 3 heteroatoms. The lowest BCUT2D eigenvalue weighted by molar-refractivity contribution is 0.0367. The Morgan fingerprint density at radius 1 is 1.04 bits per heavy atom. The van der Waals surface area contributed by atoms with Crippen LogP contribution in [0.4, 0.5) is 0 Å². The molecule has 0 radical (unpaired) electrons. The largest absolute Gasteiger partial charge is 0.379 e. The molecular formula is C20H24BrNO. The van der Waals surface area contributed by atoms with Gasteiger partial charge in [0.2, 0.25) is 0 Å². The summed E-state index contributed by atoms with van der Waals surface area (Å²) in [6, 6.07) is 17.4. The van der Waals surface area contributed by atoms with E-state index >= 15 is 0 Å². The van der Waals surface area contributed by atoms with Gasteiger partial charge in [0, 0.05) is 17.6 Å². The summed E-state index contributed by atoms with van der Waals surface area (Å²) in [7, 11) is 0. The van der Waals surface area contributed by atoms with Gasteiger partial charge in [-0.25, -0.2) is 0 Å². The van der Waals surface area contributed by atoms with Crippen LogP contribution in [0, 0.1) is 0 Å². The van der Waals surface area contributed by atoms with Crippen molar-refractivity contribution in [1.29, 1.82) is 0 Å². The third-order valence-electron chi connectivity index (χ3n) is 4.65. The number of ether oxygens (including phenoxy) is 1. The van der Waals surface area contributed by atoms with E-state index < -0.39 is 0 Å². The molecule has 1 saturated heterocycles. The van der Waals surface area contributed by atoms with Crippen molar-refractivity contribution < 1.29 is 4.74 Å². The molecule has 0 aliphatic carbocycles. The minimum absolute atomic E-state index is 0.589. The van der Waals surface area contributed by atoms with E-state index in [1.165, 1.54) is 23.1 Å². The maximum Gasteiger partial charge on any atom is 0.0594 e. The Morgan fingerprint density at radius 2 is 1.74 bits per heavy atom. The number of nitrogens with zero attached hydrogens (tertiary/aromatic N) is 1. The molecule has 0 amide bonds. The van der Waals surface area contributed by atoms with Crippen LogP contribution in [0.15, 0.2) is 53.0 Å². The van der Waals surface area contributed by atoms with Crippen LogP contribution >= 0.6 is 15.9 Å². The molecule has 1 atom stereocenters. The molecule has 122 valence electrons. The molecule has 0 bridgehead atoms. The molecule has 2 aromatic rings. The topological polar surface area (TPSA) is 12.5 Å². The summed E-state index contributed by atoms with van der Waals surface area (Å²) in [5.74, 6) is 0.589. The average Bonchev–Trinajstić information content (AvgIpc) is 2.61. The molecule has 0 spiro atoms. The van der Waals surface area contributed by atoms with Crippen LogP contribution in [-0.2, 0) is 4.74 Å². The molecule has 1 unspecified atom stereocenters. The number of hydrogen-bond acceptors (Lipinski definition) is 2. The highest BCUT2D eigenvalue weighted by Gasteiger charge is 2.13. The zero-order valence-electron chi connectivity index (χ0n) is 13.7. The van der Waals surface area contributed by atoms with Crippen LogP contribution in [0.25, 0.3) is 11.1 Å². The van der Waals surface area contributed by atoms with Gasteiger partial charge in [0.05, 0.1) is 13.2 Å². The third kappa shape index (κ3) is 4.43. The molecule has 1 aliphatic heterocycles. The summed E-state index contributed by atoms with van der Waals surface area (Å²) in [6.45, 7) is 7.41. The average molecular weight is 374 g/mol. The van der Waals surface area contributed by atoms with Gasteiger partial charge in [0.1, 0.15) is 0 Å². The van der Waals surface area contributed by atoms with Crippen molar-refractivity contribution >= 4 is 15.9 Å². The van der Waals surface area contributed by atoms with Crippen LogP contribution < -0.4 is 0 Å². The van der Waals surface area contributed by atoms with E-state index in [1.807, 2.05) is 0 Å². The van der Waals surface area contributed by atoms with Gasteiger partial charge in [-0.05, 0) is 41.6 Å². The molecule has 2 nitrogen and oxygen atoms in total. The Labute approximate surface area is 147 Å². The van der Waals surface area contributed by atoms with Crippen LogP contribution in [0.5, 0.6) is 0 Å². The fourth-order valence-corrected chi connectivity index (χ4v) is 3.57. The van der Waals surface area contributed by atoms with Crippen molar-refractivity contribution in [2.75, 3.05) is 32.8 Å². The van der Waals surface area contributed by atoms with Crippen LogP contribution in [0.2, 0.25) is 0 Å². The summed E-state index contributed by atoms with van der Waals surface area (Å²) < 4.78 is 6.56. The first kappa shape index (κ1) is 16.7. The second-order valence-corrected chi connectivity index (χ2v) is 7.10. The number of rotatable bonds is 5. The Hall–Kier alpha value is -1.16. The number of morpholine rings is 1. The normalized spacial score (nSPS) is 17.1. The quantitative estimate of drug-likeness (QED) is 0.735. The predicted octanol–water partition coefficient (Wildman–Crippen LogP) is 4.94. The summed E-state index contributed by atoms with van der Waals surface area (Å²) in [4.78, 5) is 2.51. The second kappa shape index (κ2) is 8.09. The highest BCUT2D eigenvalue weighted by molar-refractivity contribution is 9.10. The number of benzene rings is 2. The van der Waals surface area contributed by atoms with Gasteiger partial charge in [-0.2, -0.15) is 0 Å². The summed E-state index contributed by atoms with van der Waals surface area (Å²) >= 11 is 3.63. The predicted molar refractivity (Wildman–Crippen MR) is 99.9 cm³/mol. The van der Waals surface area contributed by atoms with E-state index in [-0.39, 0.29) is 0 Å². The van der Waals surface area contributed by atoms with E-state index in [1.54, 1.807) is 0 Å². The third-order valence-corrected chi connectivity index (χ3v) is 5.34. The SMILES string of the molecule is CC(CCN1CCOCC1)c1ccc(-c2ccccc2Br)cc1. The van der Waals surface area contributed by atoms with Gasteiger partial charge in [-0.3, -0.25) is 4.90 Å². The maximum atomic E-state index is 5.41. The fraction of sp³-hybridized carbons (Fsp3) is 0.400. The van der Waals surface area contributed by atoms with Crippen molar-refractivity contribution in [2.45, 2.75) is 19.3 Å². The molecular weight excluding hydrogens is 350 g/mol. The van der Waals surface area contributed by atoms with Gasteiger partial charge in [-0.1, -0.05) is 65.3 Å². The molecule has 2 aromatic carbocycles. The molecule has 0 aromatic heterocycles. The first-order valence-electron chi connectivity index (χ1n) is 8.39. The van der Waals surface area contributed by atoms with E-state index in [4.69, 9.17) is 4.74 Å². The zero-order chi connectivity index (χ0) is 16.1. The highest BCUT2D eigenvalue weighted by atomic mass is 79.9. The van der Waals surface area contributed by atoms with Gasteiger partial charge < -0.3 is 4.74 Å². The van der Waals surface area contributed by atoms with Gasteiger partial charge >= 0.3 is 0 Å². The summed E-state index contributed by atoms with van der Waals surface area (Å²) in [5, 5.41) is 0. The van der Waals surface area contributed by atoms with E-state index in [9.17, 15) is 0 Å². The van der Waals surface area contributed by atoms with Gasteiger partial charge in [-0.15, -0.1) is 0 Å². The van der Waals surface area contributed by atoms with Crippen LogP contribution in [-0.4, -0.2) is 37.7 Å². The van der Waals surface area contributed by atoms with Crippen molar-refractivity contribution in [1.82, 2.24) is 4.90 Å². The molecule has 0 saturated carbocycles. The van der Waals surface area contributed by atoms with E-state index in [0.29, 0.717) is 5.92 Å². The van der Waals surface area contributed by atoms with E-state index in [2.05, 4.69) is 76.3 Å². The fourth-order valence-electron chi connectivity index (χ4n) is 3.05. The van der Waals surface area contributed by atoms with E-state index in [0.717, 1.165) is 37.3 Å². The first-order chi connectivity index (χ1) is 11.2. The monoisotopic (exact) mass is 373 g/mol. The van der Waals surface area contributed by atoms with Crippen molar-refractivity contribution in [3.63, 3.8) is 0 Å². The Bertz CT molecular complexity index is 620. The Morgan fingerprint density at radius 3 is 2.43 bits per heavy atom. The van der Waals surface area contributed by atoms with Gasteiger partial charge in [0.25, 0.3) is 0 Å². The standard InChI is InChI=1S/C20H24BrNO/c1-16(10-11-22-12-14-23-15-13-22)17-6-8-18(9-7-17)19-4-2-3-5-20(19)21/h2-9,16H,10-15H2,1H3.